The maximum Gasteiger partial charge on any atom is 0.353 e. The van der Waals surface area contributed by atoms with Crippen molar-refractivity contribution in [2.45, 2.75) is 0 Å². The number of aromatic nitrogens is 2. The molecule has 4 N–H and O–H groups in total. The molecule has 1 aromatic heterocycles. The van der Waals surface area contributed by atoms with Gasteiger partial charge in [-0.15, -0.1) is 0 Å². The average Bonchev–Trinajstić information content (AvgIpc) is 2.48. The summed E-state index contributed by atoms with van der Waals surface area (Å²) in [6, 6.07) is 4.21. The Labute approximate surface area is 123 Å². The zero-order chi connectivity index (χ0) is 16.3. The van der Waals surface area contributed by atoms with E-state index in [1.807, 2.05) is 0 Å². The minimum Gasteiger partial charge on any atom is -0.505 e. The van der Waals surface area contributed by atoms with E-state index in [1.165, 1.54) is 18.2 Å². The van der Waals surface area contributed by atoms with Crippen molar-refractivity contribution in [1.29, 1.82) is 0 Å². The molecule has 10 nitrogen and oxygen atoms in total. The molecule has 10 heteroatoms. The number of ether oxygens (including phenoxy) is 1. The lowest BCUT2D eigenvalue weighted by molar-refractivity contribution is -0.383. The number of carbonyl (C=O) groups excluding carboxylic acids is 1. The number of phenolic OH excluding ortho intramolecular Hbond substituents is 1. The van der Waals surface area contributed by atoms with Crippen LogP contribution < -0.4 is 11.1 Å². The van der Waals surface area contributed by atoms with E-state index >= 15 is 0 Å². The van der Waals surface area contributed by atoms with Crippen LogP contribution in [0, 0.1) is 10.1 Å². The molecule has 22 heavy (non-hydrogen) atoms. The number of methoxy groups -OCH3 is 1. The molecular weight excluding hydrogens is 294 g/mol. The lowest BCUT2D eigenvalue weighted by Gasteiger charge is -2.10. The monoisotopic (exact) mass is 305 g/mol. The number of nitrogen functional groups attached to an aromatic ring is 1. The Kier molecular flexibility index (Phi) is 4.02. The normalized spacial score (nSPS) is 10.0. The molecule has 1 heterocycles. The Morgan fingerprint density at radius 2 is 2.18 bits per heavy atom. The number of nitro groups is 1. The first kappa shape index (κ1) is 15.0. The van der Waals surface area contributed by atoms with Crippen LogP contribution in [-0.4, -0.2) is 33.1 Å². The van der Waals surface area contributed by atoms with Gasteiger partial charge >= 0.3 is 11.7 Å². The predicted molar refractivity (Wildman–Crippen MR) is 75.8 cm³/mol. The maximum absolute atomic E-state index is 11.5. The summed E-state index contributed by atoms with van der Waals surface area (Å²) in [7, 11) is 1.16. The minimum atomic E-state index is -0.752. The quantitative estimate of drug-likeness (QED) is 0.327. The molecule has 0 fully saturated rings. The van der Waals surface area contributed by atoms with Crippen molar-refractivity contribution < 1.29 is 19.6 Å². The molecule has 2 aromatic rings. The number of nitrogens with zero attached hydrogens (tertiary/aromatic N) is 3. The number of hydrogen-bond donors (Lipinski definition) is 3. The summed E-state index contributed by atoms with van der Waals surface area (Å²) >= 11 is 0. The molecule has 0 aliphatic rings. The van der Waals surface area contributed by atoms with Crippen LogP contribution in [0.15, 0.2) is 24.5 Å². The fourth-order valence-electron chi connectivity index (χ4n) is 1.71. The van der Waals surface area contributed by atoms with Crippen molar-refractivity contribution in [3.05, 3.63) is 40.2 Å². The Balaban J connectivity index is 2.47. The van der Waals surface area contributed by atoms with Gasteiger partial charge in [-0.2, -0.15) is 0 Å². The summed E-state index contributed by atoms with van der Waals surface area (Å²) < 4.78 is 4.52. The SMILES string of the molecule is COC(=O)c1cccc(Nc2ncnc(N)c2[N+](=O)[O-])c1O. The van der Waals surface area contributed by atoms with E-state index in [-0.39, 0.29) is 22.9 Å². The number of hydrogen-bond acceptors (Lipinski definition) is 9. The van der Waals surface area contributed by atoms with Crippen molar-refractivity contribution in [2.24, 2.45) is 0 Å². The van der Waals surface area contributed by atoms with Crippen molar-refractivity contribution in [3.63, 3.8) is 0 Å². The summed E-state index contributed by atoms with van der Waals surface area (Å²) in [6.45, 7) is 0. The van der Waals surface area contributed by atoms with Crippen molar-refractivity contribution in [3.8, 4) is 5.75 Å². The molecule has 0 unspecified atom stereocenters. The number of nitrogens with two attached hydrogens (primary N) is 1. The van der Waals surface area contributed by atoms with E-state index in [0.717, 1.165) is 13.4 Å². The predicted octanol–water partition coefficient (Wildman–Crippen LogP) is 1.20. The molecule has 0 aliphatic carbocycles. The highest BCUT2D eigenvalue weighted by Gasteiger charge is 2.23. The van der Waals surface area contributed by atoms with Crippen molar-refractivity contribution in [1.82, 2.24) is 9.97 Å². The Morgan fingerprint density at radius 1 is 1.45 bits per heavy atom. The van der Waals surface area contributed by atoms with E-state index in [4.69, 9.17) is 5.73 Å². The number of esters is 1. The van der Waals surface area contributed by atoms with E-state index < -0.39 is 22.3 Å². The van der Waals surface area contributed by atoms with Gasteiger partial charge in [0.15, 0.2) is 5.75 Å². The van der Waals surface area contributed by atoms with Crippen LogP contribution in [0.2, 0.25) is 0 Å². The van der Waals surface area contributed by atoms with Crippen LogP contribution in [0.25, 0.3) is 0 Å². The van der Waals surface area contributed by atoms with Crippen molar-refractivity contribution >= 4 is 29.0 Å². The molecule has 2 rings (SSSR count). The van der Waals surface area contributed by atoms with Gasteiger partial charge in [0.25, 0.3) is 0 Å². The van der Waals surface area contributed by atoms with Crippen LogP contribution in [-0.2, 0) is 4.74 Å². The van der Waals surface area contributed by atoms with E-state index in [1.54, 1.807) is 0 Å². The average molecular weight is 305 g/mol. The third-order valence-corrected chi connectivity index (χ3v) is 2.73. The van der Waals surface area contributed by atoms with Crippen molar-refractivity contribution in [2.75, 3.05) is 18.2 Å². The lowest BCUT2D eigenvalue weighted by Crippen LogP contribution is -2.06. The smallest absolute Gasteiger partial charge is 0.353 e. The molecule has 0 radical (unpaired) electrons. The van der Waals surface area contributed by atoms with E-state index in [0.29, 0.717) is 0 Å². The first-order chi connectivity index (χ1) is 10.5. The van der Waals surface area contributed by atoms with Gasteiger partial charge in [0.05, 0.1) is 17.7 Å². The zero-order valence-corrected chi connectivity index (χ0v) is 11.3. The fraction of sp³-hybridized carbons (Fsp3) is 0.0833. The van der Waals surface area contributed by atoms with Gasteiger partial charge in [-0.05, 0) is 12.1 Å². The molecule has 0 atom stereocenters. The largest absolute Gasteiger partial charge is 0.505 e. The number of rotatable bonds is 4. The number of nitrogens with one attached hydrogen (secondary N) is 1. The van der Waals surface area contributed by atoms with Crippen LogP contribution >= 0.6 is 0 Å². The van der Waals surface area contributed by atoms with Gasteiger partial charge in [-0.1, -0.05) is 6.07 Å². The fourth-order valence-corrected chi connectivity index (χ4v) is 1.71. The van der Waals surface area contributed by atoms with Gasteiger partial charge in [-0.25, -0.2) is 14.8 Å². The third kappa shape index (κ3) is 2.70. The highest BCUT2D eigenvalue weighted by molar-refractivity contribution is 5.95. The first-order valence-electron chi connectivity index (χ1n) is 5.88. The van der Waals surface area contributed by atoms with Gasteiger partial charge in [0.2, 0.25) is 11.6 Å². The number of aromatic hydroxyl groups is 1. The lowest BCUT2D eigenvalue weighted by atomic mass is 10.1. The number of phenols is 1. The Morgan fingerprint density at radius 3 is 2.82 bits per heavy atom. The number of para-hydroxylation sites is 1. The molecule has 0 saturated heterocycles. The van der Waals surface area contributed by atoms with E-state index in [2.05, 4.69) is 20.0 Å². The van der Waals surface area contributed by atoms with Crippen LogP contribution in [0.1, 0.15) is 10.4 Å². The number of carbonyl (C=O) groups is 1. The molecular formula is C12H11N5O5. The van der Waals surface area contributed by atoms with Crippen LogP contribution in [0.3, 0.4) is 0 Å². The maximum atomic E-state index is 11.5. The number of benzene rings is 1. The highest BCUT2D eigenvalue weighted by atomic mass is 16.6. The summed E-state index contributed by atoms with van der Waals surface area (Å²) in [5.74, 6) is -1.72. The molecule has 0 saturated carbocycles. The topological polar surface area (TPSA) is 154 Å². The van der Waals surface area contributed by atoms with Gasteiger partial charge in [-0.3, -0.25) is 10.1 Å². The van der Waals surface area contributed by atoms with Crippen LogP contribution in [0.4, 0.5) is 23.0 Å². The second-order valence-electron chi connectivity index (χ2n) is 4.03. The van der Waals surface area contributed by atoms with Gasteiger partial charge in [0, 0.05) is 0 Å². The van der Waals surface area contributed by atoms with E-state index in [9.17, 15) is 20.0 Å². The highest BCUT2D eigenvalue weighted by Crippen LogP contribution is 2.34. The summed E-state index contributed by atoms with van der Waals surface area (Å²) in [6.07, 6.45) is 1.03. The summed E-state index contributed by atoms with van der Waals surface area (Å²) in [5.41, 5.74) is 4.84. The van der Waals surface area contributed by atoms with Crippen LogP contribution in [0.5, 0.6) is 5.75 Å². The summed E-state index contributed by atoms with van der Waals surface area (Å²) in [5, 5.41) is 23.6. The molecule has 114 valence electrons. The standard InChI is InChI=1S/C12H11N5O5/c1-22-12(19)6-3-2-4-7(9(6)18)16-11-8(17(20)21)10(13)14-5-15-11/h2-5,18H,1H3,(H3,13,14,15,16). The number of anilines is 3. The second-order valence-corrected chi connectivity index (χ2v) is 4.03. The Bertz CT molecular complexity index is 749. The van der Waals surface area contributed by atoms with Gasteiger partial charge in [0.1, 0.15) is 11.9 Å². The molecule has 0 amide bonds. The molecule has 1 aromatic carbocycles. The molecule has 0 aliphatic heterocycles. The summed E-state index contributed by atoms with van der Waals surface area (Å²) in [4.78, 5) is 29.0. The Hall–Kier alpha value is -3.43. The first-order valence-corrected chi connectivity index (χ1v) is 5.88. The second kappa shape index (κ2) is 5.91. The molecule has 0 spiro atoms. The zero-order valence-electron chi connectivity index (χ0n) is 11.3. The third-order valence-electron chi connectivity index (χ3n) is 2.73. The molecule has 0 bridgehead atoms. The van der Waals surface area contributed by atoms with Gasteiger partial charge < -0.3 is 20.9 Å². The minimum absolute atomic E-state index is 0.0316.